The molecular formula is C23H30N2O4S. The smallest absolute Gasteiger partial charge is 0.283 e. The van der Waals surface area contributed by atoms with E-state index in [1.54, 1.807) is 12.1 Å². The van der Waals surface area contributed by atoms with Gasteiger partial charge in [0.05, 0.1) is 30.5 Å². The van der Waals surface area contributed by atoms with Gasteiger partial charge >= 0.3 is 0 Å². The van der Waals surface area contributed by atoms with Gasteiger partial charge in [-0.3, -0.25) is 0 Å². The van der Waals surface area contributed by atoms with Crippen molar-refractivity contribution in [1.82, 2.24) is 9.19 Å². The molecule has 162 valence electrons. The van der Waals surface area contributed by atoms with Crippen LogP contribution in [0.4, 0.5) is 0 Å². The predicted octanol–water partition coefficient (Wildman–Crippen LogP) is 4.22. The maximum Gasteiger partial charge on any atom is 0.283 e. The quantitative estimate of drug-likeness (QED) is 0.710. The van der Waals surface area contributed by atoms with Gasteiger partial charge in [-0.1, -0.05) is 0 Å². The molecule has 1 aromatic carbocycles. The Morgan fingerprint density at radius 2 is 1.53 bits per heavy atom. The second kappa shape index (κ2) is 6.74. The number of hydrogen-bond donors (Lipinski definition) is 0. The summed E-state index contributed by atoms with van der Waals surface area (Å²) in [5.74, 6) is 3.27. The van der Waals surface area contributed by atoms with E-state index in [2.05, 4.69) is 5.10 Å². The number of aromatic nitrogens is 2. The van der Waals surface area contributed by atoms with Crippen LogP contribution in [0.5, 0.6) is 11.5 Å². The van der Waals surface area contributed by atoms with Crippen molar-refractivity contribution in [2.75, 3.05) is 14.2 Å². The summed E-state index contributed by atoms with van der Waals surface area (Å²) in [4.78, 5) is 0.155. The van der Waals surface area contributed by atoms with E-state index in [1.165, 1.54) is 68.5 Å². The average Bonchev–Trinajstić information content (AvgIpc) is 3.01. The molecule has 1 heterocycles. The highest BCUT2D eigenvalue weighted by molar-refractivity contribution is 7.89. The number of nitrogens with zero attached hydrogens (tertiary/aromatic N) is 2. The van der Waals surface area contributed by atoms with E-state index in [-0.39, 0.29) is 10.3 Å². The van der Waals surface area contributed by atoms with E-state index in [1.807, 2.05) is 13.8 Å². The predicted molar refractivity (Wildman–Crippen MR) is 114 cm³/mol. The first kappa shape index (κ1) is 19.9. The van der Waals surface area contributed by atoms with Gasteiger partial charge in [0.25, 0.3) is 10.0 Å². The Kier molecular flexibility index (Phi) is 4.47. The minimum atomic E-state index is -3.83. The molecule has 0 radical (unpaired) electrons. The van der Waals surface area contributed by atoms with Gasteiger partial charge in [0.2, 0.25) is 0 Å². The molecule has 7 heteroatoms. The van der Waals surface area contributed by atoms with Crippen LogP contribution >= 0.6 is 0 Å². The summed E-state index contributed by atoms with van der Waals surface area (Å²) in [6.07, 6.45) is 7.62. The fourth-order valence-corrected chi connectivity index (χ4v) is 8.49. The number of ether oxygens (including phenoxy) is 2. The molecular weight excluding hydrogens is 400 g/mol. The van der Waals surface area contributed by atoms with Crippen LogP contribution in [-0.2, 0) is 15.4 Å². The van der Waals surface area contributed by atoms with Gasteiger partial charge in [0.1, 0.15) is 0 Å². The highest BCUT2D eigenvalue weighted by Gasteiger charge is 2.53. The molecule has 0 amide bonds. The molecule has 6 nitrogen and oxygen atoms in total. The van der Waals surface area contributed by atoms with Gasteiger partial charge in [-0.05, 0) is 87.7 Å². The van der Waals surface area contributed by atoms with Gasteiger partial charge in [-0.15, -0.1) is 0 Å². The molecule has 0 unspecified atom stereocenters. The molecule has 4 fully saturated rings. The molecule has 0 N–H and O–H groups in total. The number of benzene rings is 1. The Morgan fingerprint density at radius 1 is 0.967 bits per heavy atom. The third-order valence-corrected chi connectivity index (χ3v) is 9.36. The number of rotatable bonds is 5. The second-order valence-electron chi connectivity index (χ2n) is 9.61. The summed E-state index contributed by atoms with van der Waals surface area (Å²) in [6, 6.07) is 4.68. The first-order valence-electron chi connectivity index (χ1n) is 10.8. The highest BCUT2D eigenvalue weighted by Crippen LogP contribution is 2.61. The average molecular weight is 431 g/mol. The molecule has 4 aliphatic carbocycles. The van der Waals surface area contributed by atoms with Crippen molar-refractivity contribution in [3.63, 3.8) is 0 Å². The first-order chi connectivity index (χ1) is 14.3. The van der Waals surface area contributed by atoms with Crippen molar-refractivity contribution in [1.29, 1.82) is 0 Å². The van der Waals surface area contributed by atoms with Crippen molar-refractivity contribution in [3.8, 4) is 11.5 Å². The standard InChI is InChI=1S/C23H30N2O4S/c1-14-22(23-11-16-7-17(12-23)9-18(8-16)13-23)15(2)25(24-14)30(26,27)19-5-6-20(28-3)21(10-19)29-4/h5-6,10,16-18H,7-9,11-13H2,1-4H3. The van der Waals surface area contributed by atoms with Crippen LogP contribution in [0, 0.1) is 31.6 Å². The summed E-state index contributed by atoms with van der Waals surface area (Å²) < 4.78 is 38.9. The molecule has 30 heavy (non-hydrogen) atoms. The summed E-state index contributed by atoms with van der Waals surface area (Å²) in [6.45, 7) is 3.90. The van der Waals surface area contributed by atoms with Crippen LogP contribution in [0.1, 0.15) is 55.5 Å². The lowest BCUT2D eigenvalue weighted by molar-refractivity contribution is -0.00574. The second-order valence-corrected chi connectivity index (χ2v) is 11.4. The molecule has 4 bridgehead atoms. The molecule has 0 spiro atoms. The zero-order valence-corrected chi connectivity index (χ0v) is 19.0. The van der Waals surface area contributed by atoms with E-state index in [0.29, 0.717) is 11.5 Å². The van der Waals surface area contributed by atoms with Crippen LogP contribution in [0.2, 0.25) is 0 Å². The fraction of sp³-hybridized carbons (Fsp3) is 0.609. The van der Waals surface area contributed by atoms with Crippen LogP contribution in [-0.4, -0.2) is 31.8 Å². The Hall–Kier alpha value is -2.02. The van der Waals surface area contributed by atoms with Crippen molar-refractivity contribution in [2.24, 2.45) is 17.8 Å². The Balaban J connectivity index is 1.59. The minimum absolute atomic E-state index is 0.105. The summed E-state index contributed by atoms with van der Waals surface area (Å²) in [5.41, 5.74) is 2.92. The molecule has 0 atom stereocenters. The molecule has 4 saturated carbocycles. The van der Waals surface area contributed by atoms with Crippen molar-refractivity contribution in [3.05, 3.63) is 35.2 Å². The lowest BCUT2D eigenvalue weighted by Gasteiger charge is -2.57. The Labute approximate surface area is 178 Å². The lowest BCUT2D eigenvalue weighted by Crippen LogP contribution is -2.49. The summed E-state index contributed by atoms with van der Waals surface area (Å²) >= 11 is 0. The SMILES string of the molecule is COc1ccc(S(=O)(=O)n2nc(C)c(C34CC5CC(CC(C5)C3)C4)c2C)cc1OC. The molecule has 1 aromatic heterocycles. The monoisotopic (exact) mass is 430 g/mol. The molecule has 4 aliphatic rings. The van der Waals surface area contributed by atoms with E-state index in [4.69, 9.17) is 9.47 Å². The number of methoxy groups -OCH3 is 2. The maximum atomic E-state index is 13.5. The summed E-state index contributed by atoms with van der Waals surface area (Å²) in [5, 5.41) is 4.57. The number of aryl methyl sites for hydroxylation is 1. The van der Waals surface area contributed by atoms with E-state index >= 15 is 0 Å². The maximum absolute atomic E-state index is 13.5. The van der Waals surface area contributed by atoms with Crippen molar-refractivity contribution in [2.45, 2.75) is 62.7 Å². The van der Waals surface area contributed by atoms with Crippen molar-refractivity contribution < 1.29 is 17.9 Å². The lowest BCUT2D eigenvalue weighted by atomic mass is 9.48. The van der Waals surface area contributed by atoms with Crippen LogP contribution in [0.25, 0.3) is 0 Å². The normalized spacial score (nSPS) is 29.9. The van der Waals surface area contributed by atoms with Crippen LogP contribution in [0.3, 0.4) is 0 Å². The minimum Gasteiger partial charge on any atom is -0.493 e. The Morgan fingerprint density at radius 3 is 2.07 bits per heavy atom. The van der Waals surface area contributed by atoms with E-state index < -0.39 is 10.0 Å². The zero-order valence-electron chi connectivity index (χ0n) is 18.1. The van der Waals surface area contributed by atoms with Gasteiger partial charge in [0, 0.05) is 11.6 Å². The Bertz CT molecular complexity index is 1070. The van der Waals surface area contributed by atoms with Gasteiger partial charge in [-0.2, -0.15) is 17.6 Å². The molecule has 6 rings (SSSR count). The third kappa shape index (κ3) is 2.81. The summed E-state index contributed by atoms with van der Waals surface area (Å²) in [7, 11) is -0.795. The van der Waals surface area contributed by atoms with Gasteiger partial charge < -0.3 is 9.47 Å². The van der Waals surface area contributed by atoms with Gasteiger partial charge in [-0.25, -0.2) is 0 Å². The molecule has 0 aliphatic heterocycles. The topological polar surface area (TPSA) is 70.4 Å². The van der Waals surface area contributed by atoms with Gasteiger partial charge in [0.15, 0.2) is 11.5 Å². The van der Waals surface area contributed by atoms with Crippen molar-refractivity contribution >= 4 is 10.0 Å². The fourth-order valence-electron chi connectivity index (χ4n) is 7.11. The number of hydrogen-bond acceptors (Lipinski definition) is 5. The van der Waals surface area contributed by atoms with E-state index in [0.717, 1.165) is 29.1 Å². The zero-order chi connectivity index (χ0) is 21.3. The van der Waals surface area contributed by atoms with Crippen LogP contribution < -0.4 is 9.47 Å². The highest BCUT2D eigenvalue weighted by atomic mass is 32.2. The molecule has 0 saturated heterocycles. The third-order valence-electron chi connectivity index (χ3n) is 7.70. The van der Waals surface area contributed by atoms with E-state index in [9.17, 15) is 8.42 Å². The molecule has 2 aromatic rings. The first-order valence-corrected chi connectivity index (χ1v) is 12.3. The van der Waals surface area contributed by atoms with Crippen LogP contribution in [0.15, 0.2) is 23.1 Å². The largest absolute Gasteiger partial charge is 0.493 e.